The molecule has 0 bridgehead atoms. The Labute approximate surface area is 177 Å². The molecule has 0 aliphatic carbocycles. The van der Waals surface area contributed by atoms with E-state index in [9.17, 15) is 5.11 Å². The molecule has 3 aromatic rings. The maximum atomic E-state index is 11.1. The summed E-state index contributed by atoms with van der Waals surface area (Å²) in [4.78, 5) is 0. The van der Waals surface area contributed by atoms with Gasteiger partial charge >= 0.3 is 0 Å². The highest BCUT2D eigenvalue weighted by atomic mass is 35.5. The van der Waals surface area contributed by atoms with E-state index in [1.165, 1.54) is 5.56 Å². The van der Waals surface area contributed by atoms with Crippen LogP contribution < -0.4 is 10.1 Å². The summed E-state index contributed by atoms with van der Waals surface area (Å²) in [5, 5.41) is 15.3. The van der Waals surface area contributed by atoms with Gasteiger partial charge in [0.2, 0.25) is 0 Å². The van der Waals surface area contributed by atoms with Crippen LogP contribution in [0.5, 0.6) is 5.75 Å². The lowest BCUT2D eigenvalue weighted by atomic mass is 9.95. The molecule has 0 saturated carbocycles. The molecule has 3 unspecified atom stereocenters. The van der Waals surface area contributed by atoms with Gasteiger partial charge in [-0.3, -0.25) is 0 Å². The van der Waals surface area contributed by atoms with Crippen molar-refractivity contribution >= 4 is 11.6 Å². The number of rotatable bonds is 6. The van der Waals surface area contributed by atoms with Gasteiger partial charge in [0, 0.05) is 23.0 Å². The molecule has 1 aliphatic rings. The normalized spacial score (nSPS) is 21.1. The lowest BCUT2D eigenvalue weighted by Crippen LogP contribution is -2.36. The number of aliphatic hydroxyl groups is 1. The number of fused-ring (bicyclic) bond motifs is 1. The molecule has 150 valence electrons. The Hall–Kier alpha value is -2.33. The summed E-state index contributed by atoms with van der Waals surface area (Å²) in [6.45, 7) is 0.834. The number of nitrogens with one attached hydrogen (secondary N) is 1. The zero-order chi connectivity index (χ0) is 20.1. The van der Waals surface area contributed by atoms with Crippen LogP contribution in [0.15, 0.2) is 78.9 Å². The third kappa shape index (κ3) is 4.99. The van der Waals surface area contributed by atoms with Crippen LogP contribution in [0, 0.1) is 0 Å². The zero-order valence-corrected chi connectivity index (χ0v) is 17.1. The minimum Gasteiger partial charge on any atom is -0.485 e. The maximum Gasteiger partial charge on any atom is 0.127 e. The van der Waals surface area contributed by atoms with Crippen molar-refractivity contribution in [3.05, 3.63) is 101 Å². The van der Waals surface area contributed by atoms with E-state index in [1.54, 1.807) is 6.07 Å². The average molecular weight is 408 g/mol. The van der Waals surface area contributed by atoms with E-state index in [1.807, 2.05) is 36.4 Å². The fourth-order valence-corrected chi connectivity index (χ4v) is 4.09. The van der Waals surface area contributed by atoms with Gasteiger partial charge in [-0.05, 0) is 42.6 Å². The van der Waals surface area contributed by atoms with Gasteiger partial charge in [0.25, 0.3) is 0 Å². The van der Waals surface area contributed by atoms with Gasteiger partial charge in [0.05, 0.1) is 6.10 Å². The SMILES string of the molecule is OC1c2ccc(Cl)cc2OC(c2ccccc2)CC1NCCCc1ccccc1. The highest BCUT2D eigenvalue weighted by Gasteiger charge is 2.32. The van der Waals surface area contributed by atoms with Crippen molar-refractivity contribution in [3.63, 3.8) is 0 Å². The number of halogens is 1. The minimum atomic E-state index is -0.646. The first kappa shape index (κ1) is 20.0. The van der Waals surface area contributed by atoms with E-state index < -0.39 is 6.10 Å². The van der Waals surface area contributed by atoms with Gasteiger partial charge in [0.15, 0.2) is 0 Å². The Morgan fingerprint density at radius 2 is 1.69 bits per heavy atom. The monoisotopic (exact) mass is 407 g/mol. The average Bonchev–Trinajstić information content (AvgIpc) is 2.89. The maximum absolute atomic E-state index is 11.1. The number of benzene rings is 3. The predicted octanol–water partition coefficient (Wildman–Crippen LogP) is 5.49. The topological polar surface area (TPSA) is 41.5 Å². The van der Waals surface area contributed by atoms with E-state index in [2.05, 4.69) is 41.7 Å². The van der Waals surface area contributed by atoms with Crippen molar-refractivity contribution in [1.82, 2.24) is 5.32 Å². The van der Waals surface area contributed by atoms with Gasteiger partial charge in [-0.15, -0.1) is 0 Å². The summed E-state index contributed by atoms with van der Waals surface area (Å²) in [5.74, 6) is 0.660. The zero-order valence-electron chi connectivity index (χ0n) is 16.3. The highest BCUT2D eigenvalue weighted by molar-refractivity contribution is 6.30. The molecule has 0 aromatic heterocycles. The lowest BCUT2D eigenvalue weighted by molar-refractivity contribution is 0.112. The molecule has 3 atom stereocenters. The molecular weight excluding hydrogens is 382 g/mol. The van der Waals surface area contributed by atoms with Crippen LogP contribution in [0.4, 0.5) is 0 Å². The molecule has 3 aromatic carbocycles. The molecule has 4 heteroatoms. The molecule has 0 radical (unpaired) electrons. The number of aryl methyl sites for hydroxylation is 1. The van der Waals surface area contributed by atoms with Crippen LogP contribution in [0.1, 0.15) is 41.7 Å². The molecule has 0 fully saturated rings. The van der Waals surface area contributed by atoms with Gasteiger partial charge in [-0.1, -0.05) is 78.3 Å². The first-order valence-corrected chi connectivity index (χ1v) is 10.5. The summed E-state index contributed by atoms with van der Waals surface area (Å²) in [6.07, 6.45) is 1.92. The molecule has 2 N–H and O–H groups in total. The third-order valence-electron chi connectivity index (χ3n) is 5.48. The van der Waals surface area contributed by atoms with E-state index >= 15 is 0 Å². The number of hydrogen-bond donors (Lipinski definition) is 2. The van der Waals surface area contributed by atoms with Gasteiger partial charge < -0.3 is 15.2 Å². The van der Waals surface area contributed by atoms with Crippen molar-refractivity contribution < 1.29 is 9.84 Å². The van der Waals surface area contributed by atoms with Gasteiger partial charge in [0.1, 0.15) is 11.9 Å². The fraction of sp³-hybridized carbons (Fsp3) is 0.280. The molecule has 0 saturated heterocycles. The summed E-state index contributed by atoms with van der Waals surface area (Å²) in [7, 11) is 0. The van der Waals surface area contributed by atoms with Crippen LogP contribution in [0.25, 0.3) is 0 Å². The Bertz CT molecular complexity index is 917. The van der Waals surface area contributed by atoms with Crippen LogP contribution in [0.2, 0.25) is 5.02 Å². The Kier molecular flexibility index (Phi) is 6.50. The standard InChI is InChI=1S/C25H26ClNO2/c26-20-13-14-21-24(16-20)29-23(19-11-5-2-6-12-19)17-22(25(21)28)27-15-7-10-18-8-3-1-4-9-18/h1-6,8-9,11-14,16,22-23,25,27-28H,7,10,15,17H2. The second-order valence-corrected chi connectivity index (χ2v) is 7.97. The van der Waals surface area contributed by atoms with Crippen molar-refractivity contribution in [1.29, 1.82) is 0 Å². The molecule has 1 heterocycles. The summed E-state index contributed by atoms with van der Waals surface area (Å²) < 4.78 is 6.32. The van der Waals surface area contributed by atoms with Crippen LogP contribution >= 0.6 is 11.6 Å². The van der Waals surface area contributed by atoms with Crippen molar-refractivity contribution in [2.45, 2.75) is 37.5 Å². The largest absolute Gasteiger partial charge is 0.485 e. The smallest absolute Gasteiger partial charge is 0.127 e. The second-order valence-electron chi connectivity index (χ2n) is 7.53. The summed E-state index contributed by atoms with van der Waals surface area (Å²) >= 11 is 6.19. The predicted molar refractivity (Wildman–Crippen MR) is 117 cm³/mol. The fourth-order valence-electron chi connectivity index (χ4n) is 3.92. The number of aliphatic hydroxyl groups excluding tert-OH is 1. The summed E-state index contributed by atoms with van der Waals surface area (Å²) in [6, 6.07) is 26.0. The van der Waals surface area contributed by atoms with Crippen LogP contribution in [0.3, 0.4) is 0 Å². The quantitative estimate of drug-likeness (QED) is 0.531. The van der Waals surface area contributed by atoms with Crippen LogP contribution in [-0.4, -0.2) is 17.7 Å². The molecule has 1 aliphatic heterocycles. The molecule has 0 amide bonds. The highest BCUT2D eigenvalue weighted by Crippen LogP contribution is 2.40. The van der Waals surface area contributed by atoms with Gasteiger partial charge in [-0.25, -0.2) is 0 Å². The molecular formula is C25H26ClNO2. The van der Waals surface area contributed by atoms with E-state index in [0.717, 1.165) is 30.5 Å². The number of ether oxygens (including phenoxy) is 1. The van der Waals surface area contributed by atoms with Gasteiger partial charge in [-0.2, -0.15) is 0 Å². The lowest BCUT2D eigenvalue weighted by Gasteiger charge is -2.24. The Morgan fingerprint density at radius 1 is 0.966 bits per heavy atom. The second kappa shape index (κ2) is 9.45. The van der Waals surface area contributed by atoms with Crippen LogP contribution in [-0.2, 0) is 6.42 Å². The summed E-state index contributed by atoms with van der Waals surface area (Å²) in [5.41, 5.74) is 3.22. The van der Waals surface area contributed by atoms with E-state index in [0.29, 0.717) is 17.2 Å². The van der Waals surface area contributed by atoms with Crippen molar-refractivity contribution in [2.24, 2.45) is 0 Å². The third-order valence-corrected chi connectivity index (χ3v) is 5.71. The molecule has 3 nitrogen and oxygen atoms in total. The van der Waals surface area contributed by atoms with Crippen molar-refractivity contribution in [3.8, 4) is 5.75 Å². The minimum absolute atomic E-state index is 0.0987. The first-order valence-electron chi connectivity index (χ1n) is 10.2. The molecule has 4 rings (SSSR count). The van der Waals surface area contributed by atoms with E-state index in [4.69, 9.17) is 16.3 Å². The Morgan fingerprint density at radius 3 is 2.45 bits per heavy atom. The number of hydrogen-bond acceptors (Lipinski definition) is 3. The Balaban J connectivity index is 1.49. The van der Waals surface area contributed by atoms with Crippen molar-refractivity contribution in [2.75, 3.05) is 6.54 Å². The molecule has 0 spiro atoms. The molecule has 29 heavy (non-hydrogen) atoms. The first-order chi connectivity index (χ1) is 14.2. The van der Waals surface area contributed by atoms with E-state index in [-0.39, 0.29) is 12.1 Å².